The summed E-state index contributed by atoms with van der Waals surface area (Å²) in [5.41, 5.74) is 4.76. The maximum absolute atomic E-state index is 11.6. The molecule has 0 aromatic rings. The van der Waals surface area contributed by atoms with Gasteiger partial charge in [-0.25, -0.2) is 13.1 Å². The van der Waals surface area contributed by atoms with Gasteiger partial charge >= 0.3 is 0 Å². The maximum atomic E-state index is 11.6. The third-order valence-corrected chi connectivity index (χ3v) is 3.86. The van der Waals surface area contributed by atoms with Gasteiger partial charge in [-0.05, 0) is 12.3 Å². The number of rotatable bonds is 7. The van der Waals surface area contributed by atoms with E-state index < -0.39 is 15.4 Å². The van der Waals surface area contributed by atoms with Crippen molar-refractivity contribution in [1.29, 1.82) is 0 Å². The summed E-state index contributed by atoms with van der Waals surface area (Å²) in [4.78, 5) is 0. The first-order valence-corrected chi connectivity index (χ1v) is 7.21. The monoisotopic (exact) mass is 265 g/mol. The Morgan fingerprint density at radius 2 is 2.00 bits per heavy atom. The van der Waals surface area contributed by atoms with Crippen LogP contribution in [0.4, 0.5) is 0 Å². The predicted molar refractivity (Wildman–Crippen MR) is 68.4 cm³/mol. The lowest BCUT2D eigenvalue weighted by molar-refractivity contribution is 0.307. The Labute approximate surface area is 103 Å². The van der Waals surface area contributed by atoms with Crippen LogP contribution < -0.4 is 10.5 Å². The van der Waals surface area contributed by atoms with Crippen molar-refractivity contribution < 1.29 is 13.6 Å². The van der Waals surface area contributed by atoms with E-state index in [1.807, 2.05) is 13.8 Å². The Balaban J connectivity index is 4.37. The normalized spacial score (nSPS) is 14.3. The highest BCUT2D eigenvalue weighted by Crippen LogP contribution is 2.14. The van der Waals surface area contributed by atoms with Crippen LogP contribution in [0.3, 0.4) is 0 Å². The molecule has 0 spiro atoms. The van der Waals surface area contributed by atoms with Gasteiger partial charge in [0.1, 0.15) is 5.84 Å². The zero-order valence-corrected chi connectivity index (χ0v) is 11.7. The van der Waals surface area contributed by atoms with E-state index in [0.717, 1.165) is 0 Å². The molecule has 4 N–H and O–H groups in total. The average Bonchev–Trinajstić information content (AvgIpc) is 2.23. The van der Waals surface area contributed by atoms with E-state index in [-0.39, 0.29) is 18.1 Å². The molecule has 0 radical (unpaired) electrons. The van der Waals surface area contributed by atoms with Gasteiger partial charge in [-0.15, -0.1) is 0 Å². The highest BCUT2D eigenvalue weighted by atomic mass is 32.2. The van der Waals surface area contributed by atoms with Gasteiger partial charge in [0.15, 0.2) is 0 Å². The van der Waals surface area contributed by atoms with Crippen molar-refractivity contribution in [1.82, 2.24) is 4.72 Å². The Hall–Kier alpha value is -0.820. The molecule has 0 heterocycles. The Morgan fingerprint density at radius 1 is 1.47 bits per heavy atom. The molecule has 0 aliphatic rings. The lowest BCUT2D eigenvalue weighted by Gasteiger charge is -2.23. The molecule has 0 atom stereocenters. The highest BCUT2D eigenvalue weighted by molar-refractivity contribution is 7.89. The number of nitrogens with one attached hydrogen (secondary N) is 1. The molecule has 17 heavy (non-hydrogen) atoms. The second-order valence-corrected chi connectivity index (χ2v) is 7.12. The van der Waals surface area contributed by atoms with E-state index in [4.69, 9.17) is 10.9 Å². The summed E-state index contributed by atoms with van der Waals surface area (Å²) in [6, 6.07) is 0. The fraction of sp³-hybridized carbons (Fsp3) is 0.900. The fourth-order valence-corrected chi connectivity index (χ4v) is 2.49. The van der Waals surface area contributed by atoms with Crippen LogP contribution in [0, 0.1) is 11.3 Å². The Kier molecular flexibility index (Phi) is 5.91. The van der Waals surface area contributed by atoms with Crippen molar-refractivity contribution in [3.63, 3.8) is 0 Å². The minimum Gasteiger partial charge on any atom is -0.409 e. The third-order valence-electron chi connectivity index (χ3n) is 2.50. The van der Waals surface area contributed by atoms with Gasteiger partial charge in [-0.3, -0.25) is 0 Å². The van der Waals surface area contributed by atoms with E-state index >= 15 is 0 Å². The second-order valence-electron chi connectivity index (χ2n) is 5.19. The first-order valence-electron chi connectivity index (χ1n) is 5.56. The van der Waals surface area contributed by atoms with E-state index in [2.05, 4.69) is 9.88 Å². The van der Waals surface area contributed by atoms with Crippen molar-refractivity contribution in [3.8, 4) is 0 Å². The van der Waals surface area contributed by atoms with Crippen LogP contribution in [0.2, 0.25) is 0 Å². The average molecular weight is 265 g/mol. The SMILES string of the molecule is CC(C)CCS(=O)(=O)NCC(C)(C)C(N)=NO. The zero-order chi connectivity index (χ0) is 13.7. The number of hydrogen-bond acceptors (Lipinski definition) is 4. The van der Waals surface area contributed by atoms with Crippen LogP contribution in [-0.4, -0.2) is 31.8 Å². The third kappa shape index (κ3) is 6.48. The number of oxime groups is 1. The second kappa shape index (κ2) is 6.20. The zero-order valence-electron chi connectivity index (χ0n) is 10.9. The molecule has 6 nitrogen and oxygen atoms in total. The van der Waals surface area contributed by atoms with Crippen molar-refractivity contribution in [2.45, 2.75) is 34.1 Å². The first kappa shape index (κ1) is 16.2. The van der Waals surface area contributed by atoms with Crippen LogP contribution in [-0.2, 0) is 10.0 Å². The molecular formula is C10H23N3O3S. The fourth-order valence-electron chi connectivity index (χ4n) is 0.979. The summed E-state index contributed by atoms with van der Waals surface area (Å²) in [7, 11) is -3.29. The number of amidine groups is 1. The molecule has 0 rings (SSSR count). The number of hydrogen-bond donors (Lipinski definition) is 3. The molecule has 0 bridgehead atoms. The lowest BCUT2D eigenvalue weighted by atomic mass is 9.93. The van der Waals surface area contributed by atoms with E-state index in [1.54, 1.807) is 13.8 Å². The van der Waals surface area contributed by atoms with E-state index in [0.29, 0.717) is 12.3 Å². The van der Waals surface area contributed by atoms with Gasteiger partial charge in [0.2, 0.25) is 10.0 Å². The number of nitrogens with two attached hydrogens (primary N) is 1. The smallest absolute Gasteiger partial charge is 0.211 e. The molecule has 0 amide bonds. The maximum Gasteiger partial charge on any atom is 0.211 e. The van der Waals surface area contributed by atoms with Crippen LogP contribution in [0.5, 0.6) is 0 Å². The summed E-state index contributed by atoms with van der Waals surface area (Å²) in [6.07, 6.45) is 0.610. The van der Waals surface area contributed by atoms with E-state index in [1.165, 1.54) is 0 Å². The minimum atomic E-state index is -3.29. The predicted octanol–water partition coefficient (Wildman–Crippen LogP) is 0.725. The molecule has 0 aromatic heterocycles. The van der Waals surface area contributed by atoms with Crippen LogP contribution in [0.25, 0.3) is 0 Å². The summed E-state index contributed by atoms with van der Waals surface area (Å²) < 4.78 is 25.7. The van der Waals surface area contributed by atoms with Crippen LogP contribution in [0.1, 0.15) is 34.1 Å². The summed E-state index contributed by atoms with van der Waals surface area (Å²) >= 11 is 0. The molecule has 0 aliphatic carbocycles. The largest absolute Gasteiger partial charge is 0.409 e. The topological polar surface area (TPSA) is 105 Å². The summed E-state index contributed by atoms with van der Waals surface area (Å²) in [5, 5.41) is 11.5. The van der Waals surface area contributed by atoms with Crippen LogP contribution >= 0.6 is 0 Å². The van der Waals surface area contributed by atoms with Gasteiger partial charge in [-0.2, -0.15) is 0 Å². The summed E-state index contributed by atoms with van der Waals surface area (Å²) in [5.74, 6) is 0.435. The molecule has 0 aliphatic heterocycles. The molecule has 0 saturated heterocycles. The van der Waals surface area contributed by atoms with Crippen molar-refractivity contribution >= 4 is 15.9 Å². The Morgan fingerprint density at radius 3 is 2.41 bits per heavy atom. The van der Waals surface area contributed by atoms with Gasteiger partial charge in [0.25, 0.3) is 0 Å². The molecule has 7 heteroatoms. The molecular weight excluding hydrogens is 242 g/mol. The molecule has 0 unspecified atom stereocenters. The first-order chi connectivity index (χ1) is 7.60. The van der Waals surface area contributed by atoms with Crippen molar-refractivity contribution in [3.05, 3.63) is 0 Å². The summed E-state index contributed by atoms with van der Waals surface area (Å²) in [6.45, 7) is 7.45. The number of sulfonamides is 1. The van der Waals surface area contributed by atoms with Crippen molar-refractivity contribution in [2.75, 3.05) is 12.3 Å². The van der Waals surface area contributed by atoms with Gasteiger partial charge in [-0.1, -0.05) is 32.9 Å². The molecule has 0 aromatic carbocycles. The minimum absolute atomic E-state index is 0.00376. The van der Waals surface area contributed by atoms with E-state index in [9.17, 15) is 8.42 Å². The van der Waals surface area contributed by atoms with Crippen LogP contribution in [0.15, 0.2) is 5.16 Å². The van der Waals surface area contributed by atoms with Gasteiger partial charge in [0.05, 0.1) is 5.75 Å². The molecule has 102 valence electrons. The van der Waals surface area contributed by atoms with Gasteiger partial charge in [0, 0.05) is 12.0 Å². The highest BCUT2D eigenvalue weighted by Gasteiger charge is 2.25. The van der Waals surface area contributed by atoms with Gasteiger partial charge < -0.3 is 10.9 Å². The standard InChI is InChI=1S/C10H23N3O3S/c1-8(2)5-6-17(15,16)12-7-10(3,4)9(11)13-14/h8,12,14H,5-7H2,1-4H3,(H2,11,13). The Bertz CT molecular complexity index is 361. The van der Waals surface area contributed by atoms with Crippen molar-refractivity contribution in [2.24, 2.45) is 22.2 Å². The lowest BCUT2D eigenvalue weighted by Crippen LogP contribution is -2.43. The quantitative estimate of drug-likeness (QED) is 0.273. The molecule has 0 saturated carbocycles. The molecule has 0 fully saturated rings. The number of nitrogens with zero attached hydrogens (tertiary/aromatic N) is 1.